The van der Waals surface area contributed by atoms with Crippen molar-refractivity contribution in [2.45, 2.75) is 38.9 Å². The summed E-state index contributed by atoms with van der Waals surface area (Å²) in [5.41, 5.74) is -1.66. The number of halogens is 1. The van der Waals surface area contributed by atoms with E-state index < -0.39 is 21.0 Å². The molecule has 0 saturated heterocycles. The summed E-state index contributed by atoms with van der Waals surface area (Å²) in [5, 5.41) is 21.7. The smallest absolute Gasteiger partial charge is 0.314 e. The van der Waals surface area contributed by atoms with Gasteiger partial charge in [-0.3, -0.25) is 29.8 Å². The van der Waals surface area contributed by atoms with Crippen molar-refractivity contribution < 1.29 is 33.6 Å². The Kier molecular flexibility index (Phi) is 6.97. The predicted molar refractivity (Wildman–Crippen MR) is 134 cm³/mol. The van der Waals surface area contributed by atoms with Crippen molar-refractivity contribution in [3.8, 4) is 17.2 Å². The van der Waals surface area contributed by atoms with Crippen LogP contribution >= 0.6 is 11.6 Å². The fourth-order valence-corrected chi connectivity index (χ4v) is 4.10. The van der Waals surface area contributed by atoms with Crippen molar-refractivity contribution >= 4 is 46.2 Å². The first-order valence-corrected chi connectivity index (χ1v) is 11.2. The molecule has 2 aromatic carbocycles. The molecule has 0 bridgehead atoms. The standard InChI is InChI=1S/C12H14N2O5.C11H11ClN2O4/c1-12(2)11(15)13(3)7-5-9(18-4)8(14(16)17)6-10(7)19-12;1-11(2)10(15)13(3)8-4-6(12)7(14(16)17)5-9(8)18-11/h5-6H,1-4H3;4-5H,1-3H3. The lowest BCUT2D eigenvalue weighted by Crippen LogP contribution is -2.50. The average molecular weight is 537 g/mol. The number of likely N-dealkylation sites (N-methyl/N-ethyl adjacent to an activating group) is 2. The Balaban J connectivity index is 0.000000206. The molecule has 13 nitrogen and oxygen atoms in total. The molecule has 2 aliphatic rings. The second-order valence-corrected chi connectivity index (χ2v) is 9.64. The maximum atomic E-state index is 12.1. The van der Waals surface area contributed by atoms with Gasteiger partial charge in [0.25, 0.3) is 17.5 Å². The van der Waals surface area contributed by atoms with Gasteiger partial charge in [-0.2, -0.15) is 0 Å². The lowest BCUT2D eigenvalue weighted by molar-refractivity contribution is -0.385. The minimum absolute atomic E-state index is 0.0262. The fraction of sp³-hybridized carbons (Fsp3) is 0.391. The van der Waals surface area contributed by atoms with Crippen molar-refractivity contribution in [2.75, 3.05) is 31.0 Å². The average Bonchev–Trinajstić information content (AvgIpc) is 2.81. The minimum Gasteiger partial charge on any atom is -0.490 e. The first kappa shape index (κ1) is 27.5. The highest BCUT2D eigenvalue weighted by Crippen LogP contribution is 2.44. The van der Waals surface area contributed by atoms with Crippen LogP contribution in [0.2, 0.25) is 5.02 Å². The molecule has 0 aliphatic carbocycles. The highest BCUT2D eigenvalue weighted by atomic mass is 35.5. The SMILES string of the molecule is CN1C(=O)C(C)(C)Oc2cc([N+](=O)[O-])c(Cl)cc21.COc1cc2c(cc1[N+](=O)[O-])OC(C)(C)C(=O)N2C. The summed E-state index contributed by atoms with van der Waals surface area (Å²) in [5.74, 6) is 0.195. The lowest BCUT2D eigenvalue weighted by atomic mass is 10.0. The zero-order chi connectivity index (χ0) is 28.0. The van der Waals surface area contributed by atoms with Crippen molar-refractivity contribution in [2.24, 2.45) is 0 Å². The van der Waals surface area contributed by atoms with Crippen LogP contribution in [0.15, 0.2) is 24.3 Å². The maximum absolute atomic E-state index is 12.1. The third-order valence-corrected chi connectivity index (χ3v) is 6.08. The van der Waals surface area contributed by atoms with Gasteiger partial charge in [0.1, 0.15) is 5.02 Å². The second-order valence-electron chi connectivity index (χ2n) is 9.23. The van der Waals surface area contributed by atoms with Gasteiger partial charge >= 0.3 is 5.69 Å². The fourth-order valence-electron chi connectivity index (χ4n) is 3.87. The number of hydrogen-bond donors (Lipinski definition) is 0. The molecule has 0 saturated carbocycles. The van der Waals surface area contributed by atoms with Crippen LogP contribution in [-0.4, -0.2) is 54.1 Å². The zero-order valence-electron chi connectivity index (χ0n) is 21.2. The molecule has 0 atom stereocenters. The summed E-state index contributed by atoms with van der Waals surface area (Å²) in [6.07, 6.45) is 0. The van der Waals surface area contributed by atoms with Crippen LogP contribution in [0.3, 0.4) is 0 Å². The van der Waals surface area contributed by atoms with E-state index in [1.165, 1.54) is 41.2 Å². The third kappa shape index (κ3) is 4.94. The van der Waals surface area contributed by atoms with Crippen LogP contribution in [0.25, 0.3) is 0 Å². The monoisotopic (exact) mass is 536 g/mol. The molecule has 14 heteroatoms. The number of rotatable bonds is 3. The molecule has 0 fully saturated rings. The van der Waals surface area contributed by atoms with Gasteiger partial charge in [-0.05, 0) is 33.8 Å². The number of hydrogen-bond acceptors (Lipinski definition) is 9. The number of methoxy groups -OCH3 is 1. The van der Waals surface area contributed by atoms with Crippen molar-refractivity contribution in [3.05, 3.63) is 49.5 Å². The van der Waals surface area contributed by atoms with E-state index in [0.29, 0.717) is 17.1 Å². The van der Waals surface area contributed by atoms with Crippen molar-refractivity contribution in [1.29, 1.82) is 0 Å². The molecule has 2 aromatic rings. The van der Waals surface area contributed by atoms with Crippen molar-refractivity contribution in [3.63, 3.8) is 0 Å². The van der Waals surface area contributed by atoms with E-state index in [0.717, 1.165) is 0 Å². The quantitative estimate of drug-likeness (QED) is 0.416. The Morgan fingerprint density at radius 3 is 1.62 bits per heavy atom. The highest BCUT2D eigenvalue weighted by molar-refractivity contribution is 6.33. The zero-order valence-corrected chi connectivity index (χ0v) is 21.9. The van der Waals surface area contributed by atoms with Crippen LogP contribution in [0, 0.1) is 20.2 Å². The first-order valence-electron chi connectivity index (χ1n) is 10.8. The van der Waals surface area contributed by atoms with E-state index in [4.69, 9.17) is 25.8 Å². The van der Waals surface area contributed by atoms with Crippen LogP contribution in [-0.2, 0) is 9.59 Å². The third-order valence-electron chi connectivity index (χ3n) is 5.77. The maximum Gasteiger partial charge on any atom is 0.314 e. The van der Waals surface area contributed by atoms with Gasteiger partial charge in [0.05, 0.1) is 40.5 Å². The summed E-state index contributed by atoms with van der Waals surface area (Å²) in [6.45, 7) is 6.44. The van der Waals surface area contributed by atoms with E-state index >= 15 is 0 Å². The molecule has 2 aliphatic heterocycles. The molecule has 0 aromatic heterocycles. The van der Waals surface area contributed by atoms with E-state index in [2.05, 4.69) is 0 Å². The largest absolute Gasteiger partial charge is 0.490 e. The Bertz CT molecular complexity index is 1330. The van der Waals surface area contributed by atoms with Gasteiger partial charge < -0.3 is 24.0 Å². The lowest BCUT2D eigenvalue weighted by Gasteiger charge is -2.36. The minimum atomic E-state index is -1.05. The molecule has 2 heterocycles. The van der Waals surface area contributed by atoms with Gasteiger partial charge in [0.15, 0.2) is 28.5 Å². The number of carbonyl (C=O) groups is 2. The van der Waals surface area contributed by atoms with Crippen LogP contribution in [0.5, 0.6) is 17.2 Å². The summed E-state index contributed by atoms with van der Waals surface area (Å²) >= 11 is 5.81. The van der Waals surface area contributed by atoms with E-state index in [-0.39, 0.29) is 39.7 Å². The Morgan fingerprint density at radius 1 is 0.811 bits per heavy atom. The van der Waals surface area contributed by atoms with Crippen LogP contribution in [0.4, 0.5) is 22.7 Å². The van der Waals surface area contributed by atoms with E-state index in [1.807, 2.05) is 0 Å². The van der Waals surface area contributed by atoms with Gasteiger partial charge in [-0.15, -0.1) is 0 Å². The number of fused-ring (bicyclic) bond motifs is 2. The number of nitro groups is 2. The number of carbonyl (C=O) groups excluding carboxylic acids is 2. The van der Waals surface area contributed by atoms with E-state index in [9.17, 15) is 29.8 Å². The number of amides is 2. The molecule has 2 amide bonds. The molecule has 0 spiro atoms. The molecule has 0 unspecified atom stereocenters. The summed E-state index contributed by atoms with van der Waals surface area (Å²) in [7, 11) is 4.51. The van der Waals surface area contributed by atoms with E-state index in [1.54, 1.807) is 41.8 Å². The van der Waals surface area contributed by atoms with Crippen LogP contribution in [0.1, 0.15) is 27.7 Å². The Hall–Kier alpha value is -4.13. The number of nitro benzene ring substituents is 2. The molecular weight excluding hydrogens is 512 g/mol. The predicted octanol–water partition coefficient (Wildman–Crippen LogP) is 4.12. The van der Waals surface area contributed by atoms with Crippen LogP contribution < -0.4 is 24.0 Å². The van der Waals surface area contributed by atoms with Gasteiger partial charge in [-0.1, -0.05) is 11.6 Å². The van der Waals surface area contributed by atoms with Gasteiger partial charge in [0.2, 0.25) is 0 Å². The molecule has 37 heavy (non-hydrogen) atoms. The molecular formula is C23H25ClN4O9. The Morgan fingerprint density at radius 2 is 1.22 bits per heavy atom. The second kappa shape index (κ2) is 9.39. The Labute approximate surface area is 216 Å². The normalized spacial score (nSPS) is 16.9. The molecule has 0 radical (unpaired) electrons. The number of benzene rings is 2. The first-order chi connectivity index (χ1) is 17.0. The highest BCUT2D eigenvalue weighted by Gasteiger charge is 2.41. The summed E-state index contributed by atoms with van der Waals surface area (Å²) < 4.78 is 16.0. The molecule has 4 rings (SSSR count). The molecule has 0 N–H and O–H groups in total. The number of anilines is 2. The number of ether oxygens (including phenoxy) is 3. The summed E-state index contributed by atoms with van der Waals surface area (Å²) in [6, 6.07) is 5.31. The van der Waals surface area contributed by atoms with Gasteiger partial charge in [0, 0.05) is 20.2 Å². The van der Waals surface area contributed by atoms with Gasteiger partial charge in [-0.25, -0.2) is 0 Å². The molecule has 198 valence electrons. The summed E-state index contributed by atoms with van der Waals surface area (Å²) in [4.78, 5) is 47.4. The number of nitrogens with zero attached hydrogens (tertiary/aromatic N) is 4. The van der Waals surface area contributed by atoms with Crippen molar-refractivity contribution in [1.82, 2.24) is 0 Å². The topological polar surface area (TPSA) is 155 Å².